The van der Waals surface area contributed by atoms with Crippen LogP contribution in [0.1, 0.15) is 6.42 Å². The normalized spacial score (nSPS) is 11.0. The lowest BCUT2D eigenvalue weighted by Gasteiger charge is -2.17. The maximum atomic E-state index is 4.60. The van der Waals surface area contributed by atoms with Gasteiger partial charge in [0.15, 0.2) is 0 Å². The highest BCUT2D eigenvalue weighted by Gasteiger charge is 2.04. The van der Waals surface area contributed by atoms with Crippen LogP contribution in [0.4, 0.5) is 5.82 Å². The van der Waals surface area contributed by atoms with Gasteiger partial charge in [-0.05, 0) is 30.7 Å². The van der Waals surface area contributed by atoms with Crippen molar-refractivity contribution in [3.05, 3.63) is 42.9 Å². The molecule has 3 aromatic heterocycles. The molecule has 0 spiro atoms. The Morgan fingerprint density at radius 1 is 1.32 bits per heavy atom. The molecule has 0 aliphatic rings. The quantitative estimate of drug-likeness (QED) is 0.761. The number of nitrogens with one attached hydrogen (secondary N) is 1. The number of hydrogen-bond donors (Lipinski definition) is 1. The number of rotatable bonds is 5. The van der Waals surface area contributed by atoms with Crippen molar-refractivity contribution in [1.29, 1.82) is 0 Å². The van der Waals surface area contributed by atoms with Gasteiger partial charge in [0.05, 0.1) is 0 Å². The molecule has 0 fully saturated rings. The van der Waals surface area contributed by atoms with E-state index in [9.17, 15) is 0 Å². The number of H-pyrrole nitrogens is 1. The smallest absolute Gasteiger partial charge is 0.139 e. The Morgan fingerprint density at radius 2 is 2.26 bits per heavy atom. The van der Waals surface area contributed by atoms with Crippen LogP contribution in [0, 0.1) is 0 Å². The summed E-state index contributed by atoms with van der Waals surface area (Å²) in [6, 6.07) is 8.14. The summed E-state index contributed by atoms with van der Waals surface area (Å²) in [4.78, 5) is 9.91. The van der Waals surface area contributed by atoms with Gasteiger partial charge in [-0.3, -0.25) is 4.68 Å². The fraction of sp³-hybridized carbons (Fsp3) is 0.286. The zero-order valence-electron chi connectivity index (χ0n) is 11.0. The number of aromatic amines is 1. The first kappa shape index (κ1) is 11.8. The lowest BCUT2D eigenvalue weighted by Crippen LogP contribution is -2.21. The van der Waals surface area contributed by atoms with Gasteiger partial charge in [0, 0.05) is 44.1 Å². The molecule has 0 radical (unpaired) electrons. The summed E-state index contributed by atoms with van der Waals surface area (Å²) in [5.41, 5.74) is 0.941. The summed E-state index contributed by atoms with van der Waals surface area (Å²) in [7, 11) is 2.07. The molecule has 1 N–H and O–H groups in total. The van der Waals surface area contributed by atoms with Crippen LogP contribution in [0.15, 0.2) is 42.9 Å². The summed E-state index contributed by atoms with van der Waals surface area (Å²) in [5, 5.41) is 5.34. The molecular weight excluding hydrogens is 238 g/mol. The van der Waals surface area contributed by atoms with Gasteiger partial charge in [0.25, 0.3) is 0 Å². The van der Waals surface area contributed by atoms with Crippen molar-refractivity contribution in [1.82, 2.24) is 19.7 Å². The SMILES string of the molecule is CN(CCCn1cccn1)c1ccc2cc[nH]c2n1. The number of hydrogen-bond acceptors (Lipinski definition) is 3. The number of fused-ring (bicyclic) bond motifs is 1. The molecule has 3 heterocycles. The van der Waals surface area contributed by atoms with E-state index in [1.807, 2.05) is 35.4 Å². The van der Waals surface area contributed by atoms with E-state index in [0.29, 0.717) is 0 Å². The number of anilines is 1. The minimum Gasteiger partial charge on any atom is -0.360 e. The third-order valence-corrected chi connectivity index (χ3v) is 3.23. The highest BCUT2D eigenvalue weighted by atomic mass is 15.3. The molecule has 3 rings (SSSR count). The Bertz CT molecular complexity index is 641. The molecule has 0 aliphatic carbocycles. The third kappa shape index (κ3) is 2.59. The molecule has 0 atom stereocenters. The molecule has 0 aromatic carbocycles. The fourth-order valence-electron chi connectivity index (χ4n) is 2.15. The largest absolute Gasteiger partial charge is 0.360 e. The molecule has 0 saturated carbocycles. The average molecular weight is 255 g/mol. The van der Waals surface area contributed by atoms with Gasteiger partial charge in [-0.15, -0.1) is 0 Å². The van der Waals surface area contributed by atoms with Gasteiger partial charge in [-0.1, -0.05) is 0 Å². The molecule has 0 saturated heterocycles. The number of aryl methyl sites for hydroxylation is 1. The summed E-state index contributed by atoms with van der Waals surface area (Å²) < 4.78 is 1.95. The van der Waals surface area contributed by atoms with Gasteiger partial charge in [0.2, 0.25) is 0 Å². The van der Waals surface area contributed by atoms with Crippen molar-refractivity contribution >= 4 is 16.9 Å². The molecule has 3 aromatic rings. The monoisotopic (exact) mass is 255 g/mol. The second kappa shape index (κ2) is 5.14. The van der Waals surface area contributed by atoms with Crippen molar-refractivity contribution < 1.29 is 0 Å². The first-order chi connectivity index (χ1) is 9.33. The van der Waals surface area contributed by atoms with Gasteiger partial charge >= 0.3 is 0 Å². The first-order valence-electron chi connectivity index (χ1n) is 6.45. The Balaban J connectivity index is 1.61. The lowest BCUT2D eigenvalue weighted by atomic mass is 10.3. The van der Waals surface area contributed by atoms with Crippen LogP contribution in [0.3, 0.4) is 0 Å². The number of aromatic nitrogens is 4. The first-order valence-corrected chi connectivity index (χ1v) is 6.45. The molecular formula is C14H17N5. The highest BCUT2D eigenvalue weighted by Crippen LogP contribution is 2.16. The minimum atomic E-state index is 0.933. The van der Waals surface area contributed by atoms with Crippen molar-refractivity contribution in [3.8, 4) is 0 Å². The highest BCUT2D eigenvalue weighted by molar-refractivity contribution is 5.77. The molecule has 0 bridgehead atoms. The van der Waals surface area contributed by atoms with Crippen LogP contribution in [-0.2, 0) is 6.54 Å². The number of nitrogens with zero attached hydrogens (tertiary/aromatic N) is 4. The molecule has 5 nitrogen and oxygen atoms in total. The molecule has 5 heteroatoms. The topological polar surface area (TPSA) is 49.7 Å². The van der Waals surface area contributed by atoms with Crippen LogP contribution in [0.2, 0.25) is 0 Å². The van der Waals surface area contributed by atoms with E-state index in [1.54, 1.807) is 0 Å². The van der Waals surface area contributed by atoms with Crippen molar-refractivity contribution in [3.63, 3.8) is 0 Å². The van der Waals surface area contributed by atoms with Crippen LogP contribution >= 0.6 is 0 Å². The van der Waals surface area contributed by atoms with Crippen LogP contribution in [0.25, 0.3) is 11.0 Å². The second-order valence-corrected chi connectivity index (χ2v) is 4.63. The Morgan fingerprint density at radius 3 is 3.11 bits per heavy atom. The van der Waals surface area contributed by atoms with Crippen LogP contribution in [0.5, 0.6) is 0 Å². The Kier molecular flexibility index (Phi) is 3.18. The molecule has 0 unspecified atom stereocenters. The van der Waals surface area contributed by atoms with Crippen molar-refractivity contribution in [2.45, 2.75) is 13.0 Å². The summed E-state index contributed by atoms with van der Waals surface area (Å²) >= 11 is 0. The summed E-state index contributed by atoms with van der Waals surface area (Å²) in [6.45, 7) is 1.89. The van der Waals surface area contributed by atoms with E-state index in [1.165, 1.54) is 0 Å². The van der Waals surface area contributed by atoms with Crippen molar-refractivity contribution in [2.75, 3.05) is 18.5 Å². The van der Waals surface area contributed by atoms with E-state index in [0.717, 1.165) is 36.4 Å². The van der Waals surface area contributed by atoms with Gasteiger partial charge in [-0.25, -0.2) is 4.98 Å². The second-order valence-electron chi connectivity index (χ2n) is 4.63. The summed E-state index contributed by atoms with van der Waals surface area (Å²) in [6.07, 6.45) is 6.76. The average Bonchev–Trinajstić information content (AvgIpc) is 3.08. The van der Waals surface area contributed by atoms with E-state index in [-0.39, 0.29) is 0 Å². The summed E-state index contributed by atoms with van der Waals surface area (Å²) in [5.74, 6) is 0.996. The van der Waals surface area contributed by atoms with E-state index < -0.39 is 0 Å². The third-order valence-electron chi connectivity index (χ3n) is 3.23. The zero-order valence-corrected chi connectivity index (χ0v) is 11.0. The maximum absolute atomic E-state index is 4.60. The Labute approximate surface area is 111 Å². The zero-order chi connectivity index (χ0) is 13.1. The van der Waals surface area contributed by atoms with Gasteiger partial charge in [-0.2, -0.15) is 5.10 Å². The Hall–Kier alpha value is -2.30. The van der Waals surface area contributed by atoms with Gasteiger partial charge in [0.1, 0.15) is 11.5 Å². The van der Waals surface area contributed by atoms with Crippen LogP contribution < -0.4 is 4.90 Å². The fourth-order valence-corrected chi connectivity index (χ4v) is 2.15. The van der Waals surface area contributed by atoms with Gasteiger partial charge < -0.3 is 9.88 Å². The van der Waals surface area contributed by atoms with E-state index in [2.05, 4.69) is 39.1 Å². The predicted molar refractivity (Wildman–Crippen MR) is 76.2 cm³/mol. The number of pyridine rings is 1. The standard InChI is InChI=1S/C14H17N5/c1-18(9-3-11-19-10-2-7-16-19)13-5-4-12-6-8-15-14(12)17-13/h2,4-8,10H,3,9,11H2,1H3,(H,15,17). The molecule has 0 amide bonds. The van der Waals surface area contributed by atoms with E-state index >= 15 is 0 Å². The predicted octanol–water partition coefficient (Wildman–Crippen LogP) is 2.29. The molecule has 98 valence electrons. The maximum Gasteiger partial charge on any atom is 0.139 e. The van der Waals surface area contributed by atoms with E-state index in [4.69, 9.17) is 0 Å². The molecule has 19 heavy (non-hydrogen) atoms. The minimum absolute atomic E-state index is 0.933. The lowest BCUT2D eigenvalue weighted by molar-refractivity contribution is 0.577. The van der Waals surface area contributed by atoms with Crippen molar-refractivity contribution in [2.24, 2.45) is 0 Å². The molecule has 0 aliphatic heterocycles. The van der Waals surface area contributed by atoms with Crippen LogP contribution in [-0.4, -0.2) is 33.3 Å².